The molecular formula is C17H20N4O4S. The van der Waals surface area contributed by atoms with Gasteiger partial charge >= 0.3 is 5.97 Å². The summed E-state index contributed by atoms with van der Waals surface area (Å²) in [4.78, 5) is 39.1. The first-order valence-electron chi connectivity index (χ1n) is 8.12. The molecule has 1 aliphatic heterocycles. The minimum Gasteiger partial charge on any atom is -0.465 e. The number of thiophene rings is 1. The first-order chi connectivity index (χ1) is 12.3. The van der Waals surface area contributed by atoms with Gasteiger partial charge in [0.05, 0.1) is 19.2 Å². The lowest BCUT2D eigenvalue weighted by Crippen LogP contribution is -2.33. The van der Waals surface area contributed by atoms with Crippen molar-refractivity contribution in [1.29, 1.82) is 0 Å². The number of nitrogens with zero attached hydrogens (tertiary/aromatic N) is 3. The van der Waals surface area contributed by atoms with Crippen molar-refractivity contribution in [3.8, 4) is 0 Å². The number of carbonyl (C=O) groups excluding carboxylic acids is 3. The van der Waals surface area contributed by atoms with Gasteiger partial charge in [0.1, 0.15) is 5.00 Å². The molecule has 1 aliphatic rings. The maximum atomic E-state index is 12.5. The third-order valence-corrected chi connectivity index (χ3v) is 5.60. The van der Waals surface area contributed by atoms with Crippen molar-refractivity contribution in [1.82, 2.24) is 14.7 Å². The Labute approximate surface area is 154 Å². The van der Waals surface area contributed by atoms with E-state index in [0.29, 0.717) is 30.1 Å². The van der Waals surface area contributed by atoms with Crippen LogP contribution in [0.3, 0.4) is 0 Å². The fourth-order valence-corrected chi connectivity index (χ4v) is 4.16. The van der Waals surface area contributed by atoms with Gasteiger partial charge < -0.3 is 15.0 Å². The lowest BCUT2D eigenvalue weighted by molar-refractivity contribution is -0.129. The van der Waals surface area contributed by atoms with Gasteiger partial charge in [-0.25, -0.2) is 4.79 Å². The second-order valence-corrected chi connectivity index (χ2v) is 7.24. The first-order valence-corrected chi connectivity index (χ1v) is 8.93. The standard InChI is InChI=1S/C17H20N4O4S/c1-9-7-12(19-20(9)3)15(23)18-16-14(17(24)25-4)11-5-6-21(10(2)22)8-13(11)26-16/h7H,5-6,8H2,1-4H3,(H,18,23). The van der Waals surface area contributed by atoms with Crippen LogP contribution >= 0.6 is 11.3 Å². The van der Waals surface area contributed by atoms with Crippen LogP contribution in [0, 0.1) is 6.92 Å². The van der Waals surface area contributed by atoms with Crippen LogP contribution in [-0.4, -0.2) is 46.1 Å². The second kappa shape index (κ2) is 6.91. The molecule has 0 radical (unpaired) electrons. The maximum Gasteiger partial charge on any atom is 0.341 e. The zero-order valence-corrected chi connectivity index (χ0v) is 15.9. The van der Waals surface area contributed by atoms with Crippen molar-refractivity contribution in [3.05, 3.63) is 33.5 Å². The topological polar surface area (TPSA) is 93.5 Å². The Bertz CT molecular complexity index is 879. The molecule has 0 saturated carbocycles. The van der Waals surface area contributed by atoms with Crippen LogP contribution in [0.25, 0.3) is 0 Å². The Morgan fingerprint density at radius 3 is 2.65 bits per heavy atom. The van der Waals surface area contributed by atoms with Gasteiger partial charge in [-0.1, -0.05) is 0 Å². The number of aryl methyl sites for hydroxylation is 2. The summed E-state index contributed by atoms with van der Waals surface area (Å²) < 4.78 is 6.51. The summed E-state index contributed by atoms with van der Waals surface area (Å²) in [6, 6.07) is 1.68. The summed E-state index contributed by atoms with van der Waals surface area (Å²) in [7, 11) is 3.07. The number of hydrogen-bond acceptors (Lipinski definition) is 6. The lowest BCUT2D eigenvalue weighted by atomic mass is 10.0. The summed E-state index contributed by atoms with van der Waals surface area (Å²) >= 11 is 1.30. The highest BCUT2D eigenvalue weighted by atomic mass is 32.1. The van der Waals surface area contributed by atoms with E-state index in [1.165, 1.54) is 25.4 Å². The van der Waals surface area contributed by atoms with Crippen molar-refractivity contribution in [3.63, 3.8) is 0 Å². The average Bonchev–Trinajstić information content (AvgIpc) is 3.13. The molecule has 0 fully saturated rings. The van der Waals surface area contributed by atoms with Gasteiger partial charge in [0.2, 0.25) is 5.91 Å². The van der Waals surface area contributed by atoms with Crippen LogP contribution in [0.1, 0.15) is 43.9 Å². The molecule has 0 atom stereocenters. The Morgan fingerprint density at radius 1 is 1.35 bits per heavy atom. The van der Waals surface area contributed by atoms with Crippen molar-refractivity contribution in [2.75, 3.05) is 19.0 Å². The number of methoxy groups -OCH3 is 1. The van der Waals surface area contributed by atoms with E-state index in [0.717, 1.165) is 16.1 Å². The number of ether oxygens (including phenoxy) is 1. The number of hydrogen-bond donors (Lipinski definition) is 1. The number of nitrogens with one attached hydrogen (secondary N) is 1. The van der Waals surface area contributed by atoms with E-state index >= 15 is 0 Å². The number of anilines is 1. The van der Waals surface area contributed by atoms with E-state index in [4.69, 9.17) is 4.74 Å². The molecule has 0 aromatic carbocycles. The monoisotopic (exact) mass is 376 g/mol. The molecule has 3 heterocycles. The van der Waals surface area contributed by atoms with Gasteiger partial charge in [-0.05, 0) is 25.0 Å². The average molecular weight is 376 g/mol. The highest BCUT2D eigenvalue weighted by Gasteiger charge is 2.30. The normalized spacial score (nSPS) is 13.3. The Hall–Kier alpha value is -2.68. The quantitative estimate of drug-likeness (QED) is 0.824. The molecule has 1 N–H and O–H groups in total. The van der Waals surface area contributed by atoms with Gasteiger partial charge in [0, 0.05) is 31.1 Å². The van der Waals surface area contributed by atoms with Gasteiger partial charge in [0.15, 0.2) is 5.69 Å². The molecule has 3 rings (SSSR count). The molecule has 2 amide bonds. The molecule has 2 aromatic heterocycles. The van der Waals surface area contributed by atoms with Gasteiger partial charge in [-0.15, -0.1) is 11.3 Å². The molecule has 9 heteroatoms. The Balaban J connectivity index is 1.94. The predicted octanol–water partition coefficient (Wildman–Crippen LogP) is 1.73. The summed E-state index contributed by atoms with van der Waals surface area (Å²) in [5, 5.41) is 7.37. The maximum absolute atomic E-state index is 12.5. The molecule has 0 spiro atoms. The van der Waals surface area contributed by atoms with Crippen LogP contribution < -0.4 is 5.32 Å². The van der Waals surface area contributed by atoms with E-state index in [1.54, 1.807) is 22.7 Å². The van der Waals surface area contributed by atoms with Crippen LogP contribution in [-0.2, 0) is 29.5 Å². The van der Waals surface area contributed by atoms with E-state index in [2.05, 4.69) is 10.4 Å². The minimum atomic E-state index is -0.494. The molecule has 8 nitrogen and oxygen atoms in total. The SMILES string of the molecule is COC(=O)c1c(NC(=O)c2cc(C)n(C)n2)sc2c1CCN(C(C)=O)C2. The van der Waals surface area contributed by atoms with Gasteiger partial charge in [-0.2, -0.15) is 5.10 Å². The van der Waals surface area contributed by atoms with E-state index in [9.17, 15) is 14.4 Å². The van der Waals surface area contributed by atoms with Crippen molar-refractivity contribution < 1.29 is 19.1 Å². The van der Waals surface area contributed by atoms with Crippen molar-refractivity contribution in [2.24, 2.45) is 7.05 Å². The molecule has 26 heavy (non-hydrogen) atoms. The highest BCUT2D eigenvalue weighted by molar-refractivity contribution is 7.17. The first kappa shape index (κ1) is 18.1. The summed E-state index contributed by atoms with van der Waals surface area (Å²) in [6.45, 7) is 4.34. The largest absolute Gasteiger partial charge is 0.465 e. The van der Waals surface area contributed by atoms with Crippen LogP contribution in [0.4, 0.5) is 5.00 Å². The fraction of sp³-hybridized carbons (Fsp3) is 0.412. The third kappa shape index (κ3) is 3.22. The predicted molar refractivity (Wildman–Crippen MR) is 96.4 cm³/mol. The number of amides is 2. The Kier molecular flexibility index (Phi) is 4.82. The zero-order chi connectivity index (χ0) is 19.0. The number of carbonyl (C=O) groups is 3. The smallest absolute Gasteiger partial charge is 0.341 e. The second-order valence-electron chi connectivity index (χ2n) is 6.14. The van der Waals surface area contributed by atoms with E-state index in [1.807, 2.05) is 6.92 Å². The number of aromatic nitrogens is 2. The molecular weight excluding hydrogens is 356 g/mol. The fourth-order valence-electron chi connectivity index (χ4n) is 2.92. The number of rotatable bonds is 3. The molecule has 138 valence electrons. The number of fused-ring (bicyclic) bond motifs is 1. The lowest BCUT2D eigenvalue weighted by Gasteiger charge is -2.25. The zero-order valence-electron chi connectivity index (χ0n) is 15.1. The van der Waals surface area contributed by atoms with Gasteiger partial charge in [-0.3, -0.25) is 14.3 Å². The summed E-state index contributed by atoms with van der Waals surface area (Å²) in [6.07, 6.45) is 0.550. The van der Waals surface area contributed by atoms with E-state index < -0.39 is 5.97 Å². The van der Waals surface area contributed by atoms with Crippen LogP contribution in [0.15, 0.2) is 6.07 Å². The molecule has 0 unspecified atom stereocenters. The molecule has 2 aromatic rings. The third-order valence-electron chi connectivity index (χ3n) is 4.47. The number of esters is 1. The van der Waals surface area contributed by atoms with Crippen molar-refractivity contribution in [2.45, 2.75) is 26.8 Å². The van der Waals surface area contributed by atoms with Crippen LogP contribution in [0.5, 0.6) is 0 Å². The summed E-state index contributed by atoms with van der Waals surface area (Å²) in [5.41, 5.74) is 2.34. The van der Waals surface area contributed by atoms with Gasteiger partial charge in [0.25, 0.3) is 5.91 Å². The summed E-state index contributed by atoms with van der Waals surface area (Å²) in [5.74, 6) is -0.898. The van der Waals surface area contributed by atoms with Crippen molar-refractivity contribution >= 4 is 34.1 Å². The Morgan fingerprint density at radius 2 is 2.08 bits per heavy atom. The molecule has 0 aliphatic carbocycles. The van der Waals surface area contributed by atoms with Crippen LogP contribution in [0.2, 0.25) is 0 Å². The molecule has 0 bridgehead atoms. The highest BCUT2D eigenvalue weighted by Crippen LogP contribution is 2.37. The van der Waals surface area contributed by atoms with E-state index in [-0.39, 0.29) is 17.5 Å². The minimum absolute atomic E-state index is 0.0155. The molecule has 0 saturated heterocycles.